The van der Waals surface area contributed by atoms with Crippen molar-refractivity contribution in [2.75, 3.05) is 13.1 Å². The highest BCUT2D eigenvalue weighted by molar-refractivity contribution is 5.68. The zero-order chi connectivity index (χ0) is 13.8. The zero-order valence-corrected chi connectivity index (χ0v) is 11.7. The molecule has 0 fully saturated rings. The summed E-state index contributed by atoms with van der Waals surface area (Å²) in [5.74, 6) is -0.759. The number of benzene rings is 1. The van der Waals surface area contributed by atoms with Gasteiger partial charge in [0.1, 0.15) is 0 Å². The van der Waals surface area contributed by atoms with Gasteiger partial charge in [0, 0.05) is 0 Å². The minimum absolute atomic E-state index is 0.123. The quantitative estimate of drug-likeness (QED) is 0.842. The van der Waals surface area contributed by atoms with Crippen LogP contribution in [0.1, 0.15) is 38.3 Å². The van der Waals surface area contributed by atoms with Crippen molar-refractivity contribution in [3.63, 3.8) is 0 Å². The minimum Gasteiger partial charge on any atom is -0.481 e. The van der Waals surface area contributed by atoms with Crippen LogP contribution in [0.25, 0.3) is 0 Å². The molecule has 0 aliphatic carbocycles. The molecule has 3 nitrogen and oxygen atoms in total. The van der Waals surface area contributed by atoms with Gasteiger partial charge in [-0.25, -0.2) is 0 Å². The molecule has 0 aliphatic rings. The maximum Gasteiger partial charge on any atom is 0.305 e. The summed E-state index contributed by atoms with van der Waals surface area (Å²) in [6.45, 7) is 9.87. The molecule has 0 spiro atoms. The lowest BCUT2D eigenvalue weighted by Crippen LogP contribution is -2.45. The predicted molar refractivity (Wildman–Crippen MR) is 73.7 cm³/mol. The number of carboxylic acid groups (broad SMARTS) is 1. The molecule has 1 atom stereocenters. The third-order valence-corrected chi connectivity index (χ3v) is 3.63. The average Bonchev–Trinajstić information content (AvgIpc) is 2.30. The summed E-state index contributed by atoms with van der Waals surface area (Å²) in [7, 11) is 0. The molecule has 0 amide bonds. The van der Waals surface area contributed by atoms with E-state index in [0.29, 0.717) is 0 Å². The molecule has 0 radical (unpaired) electrons. The third kappa shape index (κ3) is 3.10. The van der Waals surface area contributed by atoms with Gasteiger partial charge in [0.05, 0.1) is 12.0 Å². The summed E-state index contributed by atoms with van der Waals surface area (Å²) < 4.78 is 0. The fourth-order valence-electron chi connectivity index (χ4n) is 2.53. The summed E-state index contributed by atoms with van der Waals surface area (Å²) in [6.07, 6.45) is 0.123. The van der Waals surface area contributed by atoms with Gasteiger partial charge in [0.2, 0.25) is 0 Å². The molecule has 0 heterocycles. The van der Waals surface area contributed by atoms with Gasteiger partial charge in [-0.2, -0.15) is 0 Å². The van der Waals surface area contributed by atoms with E-state index >= 15 is 0 Å². The normalized spacial score (nSPS) is 14.5. The lowest BCUT2D eigenvalue weighted by atomic mass is 9.86. The second-order valence-electron chi connectivity index (χ2n) is 4.88. The number of hydrogen-bond donors (Lipinski definition) is 1. The Hall–Kier alpha value is -1.35. The van der Waals surface area contributed by atoms with Crippen molar-refractivity contribution in [3.05, 3.63) is 35.4 Å². The molecular formula is C15H23NO2. The molecule has 1 unspecified atom stereocenters. The van der Waals surface area contributed by atoms with Crippen LogP contribution in [0.3, 0.4) is 0 Å². The first-order valence-corrected chi connectivity index (χ1v) is 6.48. The van der Waals surface area contributed by atoms with Gasteiger partial charge in [-0.15, -0.1) is 0 Å². The first kappa shape index (κ1) is 14.7. The fourth-order valence-corrected chi connectivity index (χ4v) is 2.53. The summed E-state index contributed by atoms with van der Waals surface area (Å²) in [4.78, 5) is 13.4. The second-order valence-corrected chi connectivity index (χ2v) is 4.88. The fraction of sp³-hybridized carbons (Fsp3) is 0.533. The van der Waals surface area contributed by atoms with Gasteiger partial charge in [-0.3, -0.25) is 9.69 Å². The van der Waals surface area contributed by atoms with E-state index in [1.54, 1.807) is 0 Å². The second kappa shape index (κ2) is 6.01. The van der Waals surface area contributed by atoms with Crippen molar-refractivity contribution < 1.29 is 9.90 Å². The smallest absolute Gasteiger partial charge is 0.305 e. The molecule has 0 aliphatic heterocycles. The zero-order valence-electron chi connectivity index (χ0n) is 11.7. The Balaban J connectivity index is 3.18. The Labute approximate surface area is 109 Å². The molecule has 1 aromatic carbocycles. The lowest BCUT2D eigenvalue weighted by molar-refractivity contribution is -0.140. The van der Waals surface area contributed by atoms with E-state index in [9.17, 15) is 9.90 Å². The van der Waals surface area contributed by atoms with E-state index in [1.807, 2.05) is 38.1 Å². The van der Waals surface area contributed by atoms with E-state index in [0.717, 1.165) is 18.7 Å². The highest BCUT2D eigenvalue weighted by Crippen LogP contribution is 2.31. The summed E-state index contributed by atoms with van der Waals surface area (Å²) in [5.41, 5.74) is 1.82. The lowest BCUT2D eigenvalue weighted by Gasteiger charge is -2.40. The Kier molecular flexibility index (Phi) is 4.91. The third-order valence-electron chi connectivity index (χ3n) is 3.63. The number of nitrogens with zero attached hydrogens (tertiary/aromatic N) is 1. The van der Waals surface area contributed by atoms with Crippen molar-refractivity contribution in [2.45, 2.75) is 39.7 Å². The van der Waals surface area contributed by atoms with Gasteiger partial charge in [-0.1, -0.05) is 43.7 Å². The van der Waals surface area contributed by atoms with Crippen molar-refractivity contribution in [1.82, 2.24) is 4.90 Å². The number of carbonyl (C=O) groups is 1. The van der Waals surface area contributed by atoms with E-state index in [2.05, 4.69) is 18.7 Å². The summed E-state index contributed by atoms with van der Waals surface area (Å²) in [6, 6.07) is 8.16. The molecule has 3 heteroatoms. The molecule has 18 heavy (non-hydrogen) atoms. The monoisotopic (exact) mass is 249 g/mol. The van der Waals surface area contributed by atoms with Crippen LogP contribution < -0.4 is 0 Å². The number of rotatable bonds is 6. The summed E-state index contributed by atoms with van der Waals surface area (Å²) >= 11 is 0. The van der Waals surface area contributed by atoms with Crippen LogP contribution in [-0.2, 0) is 10.3 Å². The molecule has 0 bridgehead atoms. The van der Waals surface area contributed by atoms with Gasteiger partial charge in [0.25, 0.3) is 0 Å². The van der Waals surface area contributed by atoms with Crippen LogP contribution in [-0.4, -0.2) is 29.1 Å². The van der Waals surface area contributed by atoms with Crippen LogP contribution in [0.2, 0.25) is 0 Å². The maximum absolute atomic E-state index is 11.2. The number of aliphatic carboxylic acids is 1. The topological polar surface area (TPSA) is 40.5 Å². The highest BCUT2D eigenvalue weighted by Gasteiger charge is 2.34. The van der Waals surface area contributed by atoms with Crippen molar-refractivity contribution in [2.24, 2.45) is 0 Å². The first-order valence-electron chi connectivity index (χ1n) is 6.48. The van der Waals surface area contributed by atoms with Crippen LogP contribution in [0.5, 0.6) is 0 Å². The van der Waals surface area contributed by atoms with E-state index in [4.69, 9.17) is 0 Å². The Bertz CT molecular complexity index is 395. The highest BCUT2D eigenvalue weighted by atomic mass is 16.4. The molecule has 0 saturated heterocycles. The molecule has 1 N–H and O–H groups in total. The van der Waals surface area contributed by atoms with Gasteiger partial charge < -0.3 is 5.11 Å². The SMILES string of the molecule is CCN(CC)C(C)(CC(=O)O)c1ccc(C)cc1. The van der Waals surface area contributed by atoms with Gasteiger partial charge in [-0.05, 0) is 32.5 Å². The predicted octanol–water partition coefficient (Wildman–Crippen LogP) is 3.03. The van der Waals surface area contributed by atoms with Gasteiger partial charge >= 0.3 is 5.97 Å². The van der Waals surface area contributed by atoms with Crippen LogP contribution in [0.4, 0.5) is 0 Å². The number of hydrogen-bond acceptors (Lipinski definition) is 2. The Morgan fingerprint density at radius 2 is 1.72 bits per heavy atom. The Morgan fingerprint density at radius 1 is 1.22 bits per heavy atom. The first-order chi connectivity index (χ1) is 8.43. The van der Waals surface area contributed by atoms with Crippen LogP contribution in [0.15, 0.2) is 24.3 Å². The molecule has 1 aromatic rings. The van der Waals surface area contributed by atoms with E-state index in [1.165, 1.54) is 5.56 Å². The van der Waals surface area contributed by atoms with Crippen LogP contribution in [0, 0.1) is 6.92 Å². The van der Waals surface area contributed by atoms with Crippen molar-refractivity contribution in [1.29, 1.82) is 0 Å². The largest absolute Gasteiger partial charge is 0.481 e. The standard InChI is InChI=1S/C15H23NO2/c1-5-16(6-2)15(4,11-14(17)18)13-9-7-12(3)8-10-13/h7-10H,5-6,11H2,1-4H3,(H,17,18). The molecule has 0 aromatic heterocycles. The van der Waals surface area contributed by atoms with E-state index in [-0.39, 0.29) is 6.42 Å². The average molecular weight is 249 g/mol. The summed E-state index contributed by atoms with van der Waals surface area (Å²) in [5, 5.41) is 9.18. The van der Waals surface area contributed by atoms with Crippen molar-refractivity contribution >= 4 is 5.97 Å². The minimum atomic E-state index is -0.759. The maximum atomic E-state index is 11.2. The Morgan fingerprint density at radius 3 is 2.11 bits per heavy atom. The molecule has 100 valence electrons. The van der Waals surface area contributed by atoms with Crippen LogP contribution >= 0.6 is 0 Å². The van der Waals surface area contributed by atoms with Crippen molar-refractivity contribution in [3.8, 4) is 0 Å². The van der Waals surface area contributed by atoms with Gasteiger partial charge in [0.15, 0.2) is 0 Å². The molecule has 1 rings (SSSR count). The molecular weight excluding hydrogens is 226 g/mol. The molecule has 0 saturated carbocycles. The number of carboxylic acids is 1. The number of aryl methyl sites for hydroxylation is 1. The van der Waals surface area contributed by atoms with E-state index < -0.39 is 11.5 Å².